The molecular formula is C21H23NO3. The monoisotopic (exact) mass is 337 g/mol. The smallest absolute Gasteiger partial charge is 0.330 e. The van der Waals surface area contributed by atoms with Crippen molar-refractivity contribution in [2.45, 2.75) is 19.8 Å². The van der Waals surface area contributed by atoms with Crippen molar-refractivity contribution in [3.8, 4) is 5.75 Å². The van der Waals surface area contributed by atoms with Crippen molar-refractivity contribution in [1.29, 1.82) is 0 Å². The number of hydrogen-bond donors (Lipinski definition) is 0. The average Bonchev–Trinajstić information content (AvgIpc) is 2.66. The van der Waals surface area contributed by atoms with Crippen molar-refractivity contribution in [1.82, 2.24) is 0 Å². The molecule has 2 rings (SSSR count). The highest BCUT2D eigenvalue weighted by Gasteiger charge is 1.96. The van der Waals surface area contributed by atoms with Gasteiger partial charge in [-0.25, -0.2) is 4.79 Å². The molecule has 0 aliphatic heterocycles. The van der Waals surface area contributed by atoms with Crippen molar-refractivity contribution < 1.29 is 14.3 Å². The molecule has 130 valence electrons. The van der Waals surface area contributed by atoms with Crippen molar-refractivity contribution >= 4 is 23.9 Å². The summed E-state index contributed by atoms with van der Waals surface area (Å²) in [6, 6.07) is 15.3. The molecule has 0 radical (unpaired) electrons. The molecule has 0 aliphatic rings. The standard InChI is InChI=1S/C21H23NO3/c1-3-4-15-25-21(23)14-9-17-5-10-19(11-6-17)22-16-18-7-12-20(24-2)13-8-18/h5-14,16H,3-4,15H2,1-2H3/b14-9+,22-16+. The van der Waals surface area contributed by atoms with Crippen LogP contribution in [0.1, 0.15) is 30.9 Å². The first-order chi connectivity index (χ1) is 12.2. The topological polar surface area (TPSA) is 47.9 Å². The summed E-state index contributed by atoms with van der Waals surface area (Å²) in [5, 5.41) is 0. The van der Waals surface area contributed by atoms with E-state index in [2.05, 4.69) is 11.9 Å². The first-order valence-corrected chi connectivity index (χ1v) is 8.34. The van der Waals surface area contributed by atoms with Crippen LogP contribution in [-0.4, -0.2) is 25.9 Å². The fourth-order valence-electron chi connectivity index (χ4n) is 2.04. The van der Waals surface area contributed by atoms with Crippen LogP contribution in [0.15, 0.2) is 59.6 Å². The minimum Gasteiger partial charge on any atom is -0.497 e. The highest BCUT2D eigenvalue weighted by Crippen LogP contribution is 2.15. The molecule has 4 heteroatoms. The van der Waals surface area contributed by atoms with Gasteiger partial charge in [0, 0.05) is 12.3 Å². The summed E-state index contributed by atoms with van der Waals surface area (Å²) in [6.45, 7) is 2.53. The Balaban J connectivity index is 1.90. The molecule has 0 heterocycles. The van der Waals surface area contributed by atoms with Crippen molar-refractivity contribution in [2.75, 3.05) is 13.7 Å². The molecule has 0 fully saturated rings. The zero-order valence-corrected chi connectivity index (χ0v) is 14.6. The molecule has 4 nitrogen and oxygen atoms in total. The highest BCUT2D eigenvalue weighted by molar-refractivity contribution is 5.87. The summed E-state index contributed by atoms with van der Waals surface area (Å²) >= 11 is 0. The Labute approximate surface area is 148 Å². The van der Waals surface area contributed by atoms with Crippen LogP contribution in [0.2, 0.25) is 0 Å². The van der Waals surface area contributed by atoms with Crippen LogP contribution in [0.3, 0.4) is 0 Å². The molecule has 0 bridgehead atoms. The lowest BCUT2D eigenvalue weighted by Crippen LogP contribution is -2.01. The van der Waals surface area contributed by atoms with E-state index in [0.717, 1.165) is 35.4 Å². The second kappa shape index (κ2) is 10.1. The Morgan fingerprint density at radius 3 is 2.36 bits per heavy atom. The molecule has 0 N–H and O–H groups in total. The zero-order chi connectivity index (χ0) is 17.9. The van der Waals surface area contributed by atoms with Crippen molar-refractivity contribution in [2.24, 2.45) is 4.99 Å². The van der Waals surface area contributed by atoms with Crippen LogP contribution in [0, 0.1) is 0 Å². The van der Waals surface area contributed by atoms with Gasteiger partial charge in [-0.1, -0.05) is 25.5 Å². The van der Waals surface area contributed by atoms with Gasteiger partial charge in [0.05, 0.1) is 19.4 Å². The molecule has 25 heavy (non-hydrogen) atoms. The van der Waals surface area contributed by atoms with Crippen LogP contribution < -0.4 is 4.74 Å². The van der Waals surface area contributed by atoms with Gasteiger partial charge < -0.3 is 9.47 Å². The van der Waals surface area contributed by atoms with E-state index in [1.807, 2.05) is 48.5 Å². The summed E-state index contributed by atoms with van der Waals surface area (Å²) in [5.74, 6) is 0.511. The third kappa shape index (κ3) is 6.63. The molecule has 2 aromatic rings. The number of unbranched alkanes of at least 4 members (excludes halogenated alkanes) is 1. The number of methoxy groups -OCH3 is 1. The SMILES string of the molecule is CCCCOC(=O)/C=C/c1ccc(/N=C/c2ccc(OC)cc2)cc1. The maximum Gasteiger partial charge on any atom is 0.330 e. The van der Waals surface area contributed by atoms with Gasteiger partial charge >= 0.3 is 5.97 Å². The quantitative estimate of drug-likeness (QED) is 0.301. The Bertz CT molecular complexity index is 716. The molecule has 0 aliphatic carbocycles. The van der Waals surface area contributed by atoms with Crippen molar-refractivity contribution in [3.05, 3.63) is 65.7 Å². The van der Waals surface area contributed by atoms with Gasteiger partial charge in [-0.15, -0.1) is 0 Å². The third-order valence-electron chi connectivity index (χ3n) is 3.53. The van der Waals surface area contributed by atoms with Crippen molar-refractivity contribution in [3.63, 3.8) is 0 Å². The van der Waals surface area contributed by atoms with Gasteiger partial charge in [0.2, 0.25) is 0 Å². The molecule has 0 unspecified atom stereocenters. The molecular weight excluding hydrogens is 314 g/mol. The van der Waals surface area contributed by atoms with Gasteiger partial charge in [-0.05, 0) is 60.0 Å². The molecule has 0 atom stereocenters. The molecule has 0 aromatic heterocycles. The van der Waals surface area contributed by atoms with Gasteiger partial charge in [0.1, 0.15) is 5.75 Å². The summed E-state index contributed by atoms with van der Waals surface area (Å²) in [4.78, 5) is 16.0. The number of aliphatic imine (C=N–C) groups is 1. The Morgan fingerprint density at radius 2 is 1.72 bits per heavy atom. The number of hydrogen-bond acceptors (Lipinski definition) is 4. The number of esters is 1. The molecule has 2 aromatic carbocycles. The van der Waals surface area contributed by atoms with E-state index < -0.39 is 0 Å². The summed E-state index contributed by atoms with van der Waals surface area (Å²) in [7, 11) is 1.64. The average molecular weight is 337 g/mol. The fraction of sp³-hybridized carbons (Fsp3) is 0.238. The van der Waals surface area contributed by atoms with E-state index >= 15 is 0 Å². The maximum atomic E-state index is 11.5. The van der Waals surface area contributed by atoms with Gasteiger partial charge in [0.25, 0.3) is 0 Å². The normalized spacial score (nSPS) is 11.1. The third-order valence-corrected chi connectivity index (χ3v) is 3.53. The molecule has 0 saturated heterocycles. The van der Waals surface area contributed by atoms with E-state index in [9.17, 15) is 4.79 Å². The van der Waals surface area contributed by atoms with Crippen LogP contribution >= 0.6 is 0 Å². The maximum absolute atomic E-state index is 11.5. The first kappa shape index (κ1) is 18.5. The highest BCUT2D eigenvalue weighted by atomic mass is 16.5. The number of carbonyl (C=O) groups excluding carboxylic acids is 1. The molecule has 0 amide bonds. The van der Waals surface area contributed by atoms with Gasteiger partial charge in [-0.3, -0.25) is 4.99 Å². The Morgan fingerprint density at radius 1 is 1.04 bits per heavy atom. The predicted molar refractivity (Wildman–Crippen MR) is 102 cm³/mol. The Hall–Kier alpha value is -2.88. The largest absolute Gasteiger partial charge is 0.497 e. The zero-order valence-electron chi connectivity index (χ0n) is 14.6. The number of benzene rings is 2. The van der Waals surface area contributed by atoms with Crippen LogP contribution in [-0.2, 0) is 9.53 Å². The lowest BCUT2D eigenvalue weighted by molar-refractivity contribution is -0.137. The number of rotatable bonds is 8. The molecule has 0 saturated carbocycles. The number of carbonyl (C=O) groups is 1. The van der Waals surface area contributed by atoms with Crippen LogP contribution in [0.25, 0.3) is 6.08 Å². The minimum atomic E-state index is -0.310. The second-order valence-corrected chi connectivity index (χ2v) is 5.48. The Kier molecular flexibility index (Phi) is 7.44. The summed E-state index contributed by atoms with van der Waals surface area (Å²) < 4.78 is 10.2. The van der Waals surface area contributed by atoms with Crippen LogP contribution in [0.4, 0.5) is 5.69 Å². The lowest BCUT2D eigenvalue weighted by atomic mass is 10.2. The summed E-state index contributed by atoms with van der Waals surface area (Å²) in [6.07, 6.45) is 6.89. The van der Waals surface area contributed by atoms with Gasteiger partial charge in [0.15, 0.2) is 0 Å². The number of nitrogens with zero attached hydrogens (tertiary/aromatic N) is 1. The van der Waals surface area contributed by atoms with Crippen LogP contribution in [0.5, 0.6) is 5.75 Å². The van der Waals surface area contributed by atoms with E-state index in [1.165, 1.54) is 6.08 Å². The van der Waals surface area contributed by atoms with E-state index in [1.54, 1.807) is 19.4 Å². The minimum absolute atomic E-state index is 0.310. The van der Waals surface area contributed by atoms with E-state index in [4.69, 9.17) is 9.47 Å². The lowest BCUT2D eigenvalue weighted by Gasteiger charge is -2.00. The molecule has 0 spiro atoms. The first-order valence-electron chi connectivity index (χ1n) is 8.34. The van der Waals surface area contributed by atoms with Gasteiger partial charge in [-0.2, -0.15) is 0 Å². The van der Waals surface area contributed by atoms with E-state index in [-0.39, 0.29) is 5.97 Å². The van der Waals surface area contributed by atoms with E-state index in [0.29, 0.717) is 6.61 Å². The second-order valence-electron chi connectivity index (χ2n) is 5.48. The summed E-state index contributed by atoms with van der Waals surface area (Å²) in [5.41, 5.74) is 2.77. The number of ether oxygens (including phenoxy) is 2. The predicted octanol–water partition coefficient (Wildman–Crippen LogP) is 4.80. The fourth-order valence-corrected chi connectivity index (χ4v) is 2.04.